The summed E-state index contributed by atoms with van der Waals surface area (Å²) in [6.07, 6.45) is 7.80. The molecule has 0 aromatic heterocycles. The lowest BCUT2D eigenvalue weighted by Gasteiger charge is -2.44. The summed E-state index contributed by atoms with van der Waals surface area (Å²) in [6, 6.07) is 8.75. The molecule has 7 nitrogen and oxygen atoms in total. The SMILES string of the molecule is O=C(NC1CC2CCC1C2)C1COC2(CCN(C(=O)C3CC3)CC2)N1C(=O)c1ccccc1. The van der Waals surface area contributed by atoms with E-state index in [9.17, 15) is 14.4 Å². The molecule has 1 N–H and O–H groups in total. The minimum Gasteiger partial charge on any atom is -0.353 e. The van der Waals surface area contributed by atoms with Crippen LogP contribution < -0.4 is 5.32 Å². The van der Waals surface area contributed by atoms with Crippen LogP contribution in [0.25, 0.3) is 0 Å². The van der Waals surface area contributed by atoms with Crippen molar-refractivity contribution in [3.05, 3.63) is 35.9 Å². The van der Waals surface area contributed by atoms with E-state index in [4.69, 9.17) is 4.74 Å². The smallest absolute Gasteiger partial charge is 0.256 e. The first kappa shape index (κ1) is 21.1. The number of likely N-dealkylation sites (tertiary alicyclic amines) is 1. The average Bonchev–Trinajstić information content (AvgIpc) is 3.33. The molecule has 2 heterocycles. The maximum absolute atomic E-state index is 13.7. The van der Waals surface area contributed by atoms with E-state index in [0.29, 0.717) is 37.4 Å². The van der Waals surface area contributed by atoms with E-state index in [-0.39, 0.29) is 36.3 Å². The van der Waals surface area contributed by atoms with E-state index >= 15 is 0 Å². The lowest BCUT2D eigenvalue weighted by Crippen LogP contribution is -2.60. The van der Waals surface area contributed by atoms with Gasteiger partial charge in [-0.2, -0.15) is 0 Å². The number of benzene rings is 1. The molecule has 4 atom stereocenters. The van der Waals surface area contributed by atoms with Crippen molar-refractivity contribution in [2.24, 2.45) is 17.8 Å². The van der Waals surface area contributed by atoms with Gasteiger partial charge in [0.15, 0.2) is 0 Å². The van der Waals surface area contributed by atoms with Gasteiger partial charge in [-0.25, -0.2) is 0 Å². The summed E-state index contributed by atoms with van der Waals surface area (Å²) >= 11 is 0. The second kappa shape index (κ2) is 8.12. The van der Waals surface area contributed by atoms with Crippen LogP contribution in [0.4, 0.5) is 0 Å². The number of nitrogens with zero attached hydrogens (tertiary/aromatic N) is 2. The molecule has 2 aliphatic heterocycles. The summed E-state index contributed by atoms with van der Waals surface area (Å²) in [6.45, 7) is 1.34. The highest BCUT2D eigenvalue weighted by atomic mass is 16.5. The van der Waals surface area contributed by atoms with Gasteiger partial charge in [-0.15, -0.1) is 0 Å². The first-order valence-corrected chi connectivity index (χ1v) is 12.7. The molecule has 4 unspecified atom stereocenters. The number of hydrogen-bond donors (Lipinski definition) is 1. The lowest BCUT2D eigenvalue weighted by molar-refractivity contribution is -0.144. The first-order valence-electron chi connectivity index (χ1n) is 12.7. The zero-order chi connectivity index (χ0) is 22.6. The Labute approximate surface area is 194 Å². The number of carbonyl (C=O) groups is 3. The molecule has 33 heavy (non-hydrogen) atoms. The molecule has 3 saturated carbocycles. The Bertz CT molecular complexity index is 938. The predicted octanol–water partition coefficient (Wildman–Crippen LogP) is 2.56. The van der Waals surface area contributed by atoms with Gasteiger partial charge in [0.1, 0.15) is 11.8 Å². The standard InChI is InChI=1S/C26H33N3O4/c30-23(27-21-15-17-6-7-20(21)14-17)22-16-33-26(29(22)25(32)18-4-2-1-3-5-18)10-12-28(13-11-26)24(31)19-8-9-19/h1-5,17,19-22H,6-16H2,(H,27,30). The van der Waals surface area contributed by atoms with Gasteiger partial charge in [0.05, 0.1) is 6.61 Å². The Morgan fingerprint density at radius 2 is 1.73 bits per heavy atom. The summed E-state index contributed by atoms with van der Waals surface area (Å²) in [5, 5.41) is 3.28. The van der Waals surface area contributed by atoms with Crippen LogP contribution >= 0.6 is 0 Å². The fourth-order valence-corrected chi connectivity index (χ4v) is 6.65. The summed E-state index contributed by atoms with van der Waals surface area (Å²) in [5.41, 5.74) is -0.263. The minimum atomic E-state index is -0.829. The summed E-state index contributed by atoms with van der Waals surface area (Å²) in [7, 11) is 0. The van der Waals surface area contributed by atoms with Crippen molar-refractivity contribution in [1.82, 2.24) is 15.1 Å². The number of carbonyl (C=O) groups excluding carboxylic acids is 3. The number of rotatable bonds is 4. The number of piperidine rings is 1. The lowest BCUT2D eigenvalue weighted by atomic mass is 9.94. The first-order chi connectivity index (χ1) is 16.0. The molecule has 1 aromatic rings. The molecule has 3 aliphatic carbocycles. The Morgan fingerprint density at radius 3 is 2.36 bits per heavy atom. The third-order valence-electron chi connectivity index (χ3n) is 8.65. The monoisotopic (exact) mass is 451 g/mol. The van der Waals surface area contributed by atoms with E-state index in [1.807, 2.05) is 23.1 Å². The van der Waals surface area contributed by atoms with Gasteiger partial charge in [0.25, 0.3) is 5.91 Å². The van der Waals surface area contributed by atoms with Gasteiger partial charge >= 0.3 is 0 Å². The maximum atomic E-state index is 13.7. The van der Waals surface area contributed by atoms with E-state index in [2.05, 4.69) is 5.32 Å². The molecular weight excluding hydrogens is 418 g/mol. The molecule has 1 spiro atoms. The third kappa shape index (κ3) is 3.74. The van der Waals surface area contributed by atoms with Crippen molar-refractivity contribution in [2.75, 3.05) is 19.7 Å². The van der Waals surface area contributed by atoms with Crippen LogP contribution in [0.1, 0.15) is 61.7 Å². The van der Waals surface area contributed by atoms with Gasteiger partial charge in [-0.1, -0.05) is 24.6 Å². The molecule has 2 saturated heterocycles. The molecule has 5 fully saturated rings. The van der Waals surface area contributed by atoms with Crippen LogP contribution in [0.3, 0.4) is 0 Å². The highest BCUT2D eigenvalue weighted by Crippen LogP contribution is 2.45. The highest BCUT2D eigenvalue weighted by Gasteiger charge is 2.55. The quantitative estimate of drug-likeness (QED) is 0.763. The van der Waals surface area contributed by atoms with Crippen LogP contribution in [-0.2, 0) is 14.3 Å². The van der Waals surface area contributed by atoms with Gasteiger partial charge in [0, 0.05) is 43.5 Å². The second-order valence-electron chi connectivity index (χ2n) is 10.7. The molecule has 5 aliphatic rings. The van der Waals surface area contributed by atoms with E-state index in [0.717, 1.165) is 25.2 Å². The number of hydrogen-bond acceptors (Lipinski definition) is 4. The Morgan fingerprint density at radius 1 is 0.970 bits per heavy atom. The summed E-state index contributed by atoms with van der Waals surface area (Å²) < 4.78 is 6.31. The van der Waals surface area contributed by atoms with E-state index in [1.165, 1.54) is 19.3 Å². The summed E-state index contributed by atoms with van der Waals surface area (Å²) in [4.78, 5) is 43.4. The van der Waals surface area contributed by atoms with Crippen molar-refractivity contribution >= 4 is 17.7 Å². The fraction of sp³-hybridized carbons (Fsp3) is 0.654. The predicted molar refractivity (Wildman–Crippen MR) is 121 cm³/mol. The van der Waals surface area contributed by atoms with Crippen LogP contribution in [0.2, 0.25) is 0 Å². The number of fused-ring (bicyclic) bond motifs is 2. The largest absolute Gasteiger partial charge is 0.353 e. The molecule has 2 bridgehead atoms. The topological polar surface area (TPSA) is 79.0 Å². The molecule has 3 amide bonds. The average molecular weight is 452 g/mol. The second-order valence-corrected chi connectivity index (χ2v) is 10.7. The number of nitrogens with one attached hydrogen (secondary N) is 1. The van der Waals surface area contributed by atoms with Crippen LogP contribution in [0.5, 0.6) is 0 Å². The molecular formula is C26H33N3O4. The maximum Gasteiger partial charge on any atom is 0.256 e. The van der Waals surface area contributed by atoms with Gasteiger partial charge < -0.3 is 15.0 Å². The molecule has 7 heteroatoms. The normalized spacial score (nSPS) is 32.4. The van der Waals surface area contributed by atoms with Gasteiger partial charge in [-0.3, -0.25) is 19.3 Å². The summed E-state index contributed by atoms with van der Waals surface area (Å²) in [5.74, 6) is 1.47. The fourth-order valence-electron chi connectivity index (χ4n) is 6.65. The highest BCUT2D eigenvalue weighted by molar-refractivity contribution is 5.98. The van der Waals surface area contributed by atoms with Crippen molar-refractivity contribution in [1.29, 1.82) is 0 Å². The molecule has 6 rings (SSSR count). The zero-order valence-corrected chi connectivity index (χ0v) is 19.1. The van der Waals surface area contributed by atoms with E-state index < -0.39 is 11.8 Å². The van der Waals surface area contributed by atoms with Crippen molar-refractivity contribution in [3.8, 4) is 0 Å². The molecule has 0 radical (unpaired) electrons. The van der Waals surface area contributed by atoms with Gasteiger partial charge in [0.2, 0.25) is 11.8 Å². The van der Waals surface area contributed by atoms with Crippen LogP contribution in [0.15, 0.2) is 30.3 Å². The third-order valence-corrected chi connectivity index (χ3v) is 8.65. The Hall–Kier alpha value is -2.41. The Kier molecular flexibility index (Phi) is 5.20. The van der Waals surface area contributed by atoms with Crippen LogP contribution in [-0.4, -0.2) is 65.0 Å². The van der Waals surface area contributed by atoms with E-state index in [1.54, 1.807) is 17.0 Å². The van der Waals surface area contributed by atoms with Crippen molar-refractivity contribution in [2.45, 2.75) is 69.2 Å². The molecule has 1 aromatic carbocycles. The zero-order valence-electron chi connectivity index (χ0n) is 19.1. The molecule has 176 valence electrons. The minimum absolute atomic E-state index is 0.0924. The number of ether oxygens (including phenoxy) is 1. The van der Waals surface area contributed by atoms with Crippen LogP contribution in [0, 0.1) is 17.8 Å². The Balaban J connectivity index is 1.22. The van der Waals surface area contributed by atoms with Crippen molar-refractivity contribution < 1.29 is 19.1 Å². The van der Waals surface area contributed by atoms with Crippen molar-refractivity contribution in [3.63, 3.8) is 0 Å². The number of amides is 3. The van der Waals surface area contributed by atoms with Gasteiger partial charge in [-0.05, 0) is 56.1 Å².